The van der Waals surface area contributed by atoms with Gasteiger partial charge in [0, 0.05) is 42.5 Å². The Labute approximate surface area is 223 Å². The fourth-order valence-corrected chi connectivity index (χ4v) is 3.88. The van der Waals surface area contributed by atoms with E-state index in [4.69, 9.17) is 21.4 Å². The molecule has 0 aliphatic carbocycles. The number of aryl methyl sites for hydroxylation is 2. The zero-order valence-corrected chi connectivity index (χ0v) is 23.1. The van der Waals surface area contributed by atoms with Crippen molar-refractivity contribution in [2.75, 3.05) is 37.4 Å². The Morgan fingerprint density at radius 1 is 1.05 bits per heavy atom. The number of methoxy groups -OCH3 is 1. The van der Waals surface area contributed by atoms with E-state index in [1.807, 2.05) is 50.2 Å². The quantitative estimate of drug-likeness (QED) is 0.338. The van der Waals surface area contributed by atoms with Gasteiger partial charge >= 0.3 is 6.03 Å². The highest BCUT2D eigenvalue weighted by Gasteiger charge is 2.23. The maximum Gasteiger partial charge on any atom is 0.322 e. The minimum atomic E-state index is -0.394. The Morgan fingerprint density at radius 2 is 1.78 bits per heavy atom. The molecule has 1 aromatic heterocycles. The molecule has 198 valence electrons. The third-order valence-corrected chi connectivity index (χ3v) is 6.32. The predicted octanol–water partition coefficient (Wildman–Crippen LogP) is 5.95. The van der Waals surface area contributed by atoms with Crippen molar-refractivity contribution in [1.29, 1.82) is 0 Å². The molecule has 0 aliphatic rings. The highest BCUT2D eigenvalue weighted by molar-refractivity contribution is 6.31. The van der Waals surface area contributed by atoms with Crippen LogP contribution in [0, 0.1) is 13.8 Å². The molecule has 0 aliphatic heterocycles. The van der Waals surface area contributed by atoms with Gasteiger partial charge in [-0.3, -0.25) is 4.79 Å². The standard InChI is InChI=1S/C28H36ClN5O3/c1-19-12-13-21(16-22(19)29)30-27(36)33(14-9-15-37-6)18-26(35)31-25-17-24(28(3,4)5)32-34(25)23-11-8-7-10-20(23)2/h7-8,10-13,16-17H,9,14-15,18H2,1-6H3,(H,30,36)(H,31,35). The Balaban J connectivity index is 1.82. The molecule has 37 heavy (non-hydrogen) atoms. The average molecular weight is 526 g/mol. The SMILES string of the molecule is COCCCN(CC(=O)Nc1cc(C(C)(C)C)nn1-c1ccccc1C)C(=O)Nc1ccc(C)c(Cl)c1. The van der Waals surface area contributed by atoms with E-state index in [1.54, 1.807) is 23.9 Å². The molecule has 2 aromatic carbocycles. The monoisotopic (exact) mass is 525 g/mol. The number of anilines is 2. The highest BCUT2D eigenvalue weighted by atomic mass is 35.5. The van der Waals surface area contributed by atoms with Crippen molar-refractivity contribution in [1.82, 2.24) is 14.7 Å². The van der Waals surface area contributed by atoms with Crippen LogP contribution in [0.5, 0.6) is 0 Å². The fraction of sp³-hybridized carbons (Fsp3) is 0.393. The van der Waals surface area contributed by atoms with Crippen molar-refractivity contribution in [3.05, 3.63) is 70.4 Å². The van der Waals surface area contributed by atoms with Gasteiger partial charge in [-0.15, -0.1) is 0 Å². The summed E-state index contributed by atoms with van der Waals surface area (Å²) in [7, 11) is 1.60. The fourth-order valence-electron chi connectivity index (χ4n) is 3.70. The summed E-state index contributed by atoms with van der Waals surface area (Å²) < 4.78 is 6.89. The number of halogens is 1. The number of ether oxygens (including phenoxy) is 1. The summed E-state index contributed by atoms with van der Waals surface area (Å²) in [6.45, 7) is 10.8. The van der Waals surface area contributed by atoms with Crippen LogP contribution in [0.3, 0.4) is 0 Å². The number of hydrogen-bond donors (Lipinski definition) is 2. The van der Waals surface area contributed by atoms with E-state index in [1.165, 1.54) is 4.90 Å². The number of amides is 3. The molecule has 3 rings (SSSR count). The summed E-state index contributed by atoms with van der Waals surface area (Å²) in [6.07, 6.45) is 0.584. The second-order valence-electron chi connectivity index (χ2n) is 10.1. The lowest BCUT2D eigenvalue weighted by Crippen LogP contribution is -2.41. The van der Waals surface area contributed by atoms with Crippen molar-refractivity contribution >= 4 is 35.0 Å². The summed E-state index contributed by atoms with van der Waals surface area (Å²) in [5.41, 5.74) is 4.01. The van der Waals surface area contributed by atoms with E-state index in [-0.39, 0.29) is 17.9 Å². The molecule has 2 N–H and O–H groups in total. The molecule has 0 saturated heterocycles. The van der Waals surface area contributed by atoms with Gasteiger partial charge in [0.2, 0.25) is 5.91 Å². The van der Waals surface area contributed by atoms with Crippen LogP contribution in [0.1, 0.15) is 44.0 Å². The summed E-state index contributed by atoms with van der Waals surface area (Å²) >= 11 is 6.21. The van der Waals surface area contributed by atoms with Crippen LogP contribution < -0.4 is 10.6 Å². The minimum absolute atomic E-state index is 0.140. The zero-order valence-electron chi connectivity index (χ0n) is 22.4. The smallest absolute Gasteiger partial charge is 0.322 e. The van der Waals surface area contributed by atoms with Gasteiger partial charge in [0.05, 0.1) is 11.4 Å². The molecule has 0 unspecified atom stereocenters. The number of para-hydroxylation sites is 1. The molecular weight excluding hydrogens is 490 g/mol. The third-order valence-electron chi connectivity index (χ3n) is 5.91. The minimum Gasteiger partial charge on any atom is -0.385 e. The summed E-state index contributed by atoms with van der Waals surface area (Å²) in [5, 5.41) is 11.2. The van der Waals surface area contributed by atoms with Crippen LogP contribution in [0.25, 0.3) is 5.69 Å². The zero-order chi connectivity index (χ0) is 27.2. The second kappa shape index (κ2) is 12.3. The predicted molar refractivity (Wildman–Crippen MR) is 149 cm³/mol. The van der Waals surface area contributed by atoms with Gasteiger partial charge in [-0.05, 0) is 49.6 Å². The number of urea groups is 1. The highest BCUT2D eigenvalue weighted by Crippen LogP contribution is 2.27. The summed E-state index contributed by atoms with van der Waals surface area (Å²) in [5.74, 6) is 0.219. The molecule has 8 nitrogen and oxygen atoms in total. The van der Waals surface area contributed by atoms with Crippen molar-refractivity contribution in [2.45, 2.75) is 46.5 Å². The first-order valence-corrected chi connectivity index (χ1v) is 12.6. The van der Waals surface area contributed by atoms with Crippen LogP contribution in [0.4, 0.5) is 16.3 Å². The van der Waals surface area contributed by atoms with Crippen molar-refractivity contribution < 1.29 is 14.3 Å². The van der Waals surface area contributed by atoms with Crippen LogP contribution in [-0.2, 0) is 14.9 Å². The lowest BCUT2D eigenvalue weighted by atomic mass is 9.92. The molecule has 0 radical (unpaired) electrons. The van der Waals surface area contributed by atoms with Gasteiger partial charge in [-0.25, -0.2) is 9.48 Å². The number of carbonyl (C=O) groups is 2. The van der Waals surface area contributed by atoms with E-state index in [9.17, 15) is 9.59 Å². The Hall–Kier alpha value is -3.36. The molecule has 9 heteroatoms. The number of carbonyl (C=O) groups excluding carboxylic acids is 2. The molecule has 3 amide bonds. The van der Waals surface area contributed by atoms with E-state index in [0.29, 0.717) is 36.1 Å². The molecule has 0 bridgehead atoms. The Morgan fingerprint density at radius 3 is 2.43 bits per heavy atom. The normalized spacial score (nSPS) is 11.3. The lowest BCUT2D eigenvalue weighted by Gasteiger charge is -2.23. The second-order valence-corrected chi connectivity index (χ2v) is 10.5. The molecule has 0 fully saturated rings. The number of benzene rings is 2. The van der Waals surface area contributed by atoms with Gasteiger partial charge in [-0.2, -0.15) is 5.10 Å². The lowest BCUT2D eigenvalue weighted by molar-refractivity contribution is -0.116. The van der Waals surface area contributed by atoms with Crippen LogP contribution in [0.15, 0.2) is 48.5 Å². The Kier molecular flexibility index (Phi) is 9.34. The van der Waals surface area contributed by atoms with Gasteiger partial charge < -0.3 is 20.3 Å². The molecule has 0 atom stereocenters. The van der Waals surface area contributed by atoms with Crippen LogP contribution in [-0.4, -0.2) is 53.4 Å². The van der Waals surface area contributed by atoms with Crippen molar-refractivity contribution in [2.24, 2.45) is 0 Å². The van der Waals surface area contributed by atoms with E-state index < -0.39 is 6.03 Å². The van der Waals surface area contributed by atoms with Gasteiger partial charge in [-0.1, -0.05) is 56.6 Å². The largest absolute Gasteiger partial charge is 0.385 e. The number of hydrogen-bond acceptors (Lipinski definition) is 4. The number of aromatic nitrogens is 2. The van der Waals surface area contributed by atoms with Gasteiger partial charge in [0.1, 0.15) is 12.4 Å². The number of rotatable bonds is 9. The molecular formula is C28H36ClN5O3. The van der Waals surface area contributed by atoms with Crippen LogP contribution in [0.2, 0.25) is 5.02 Å². The van der Waals surface area contributed by atoms with Crippen LogP contribution >= 0.6 is 11.6 Å². The first-order valence-electron chi connectivity index (χ1n) is 12.3. The summed E-state index contributed by atoms with van der Waals surface area (Å²) in [4.78, 5) is 27.8. The van der Waals surface area contributed by atoms with Gasteiger partial charge in [0.15, 0.2) is 0 Å². The molecule has 0 spiro atoms. The first kappa shape index (κ1) is 28.2. The first-order chi connectivity index (χ1) is 17.5. The molecule has 1 heterocycles. The van der Waals surface area contributed by atoms with Gasteiger partial charge in [0.25, 0.3) is 0 Å². The molecule has 3 aromatic rings. The topological polar surface area (TPSA) is 88.5 Å². The van der Waals surface area contributed by atoms with E-state index in [0.717, 1.165) is 22.5 Å². The van der Waals surface area contributed by atoms with E-state index in [2.05, 4.69) is 31.4 Å². The van der Waals surface area contributed by atoms with Crippen molar-refractivity contribution in [3.8, 4) is 5.69 Å². The maximum absolute atomic E-state index is 13.2. The average Bonchev–Trinajstić information content (AvgIpc) is 3.25. The Bertz CT molecular complexity index is 1250. The van der Waals surface area contributed by atoms with E-state index >= 15 is 0 Å². The number of nitrogens with one attached hydrogen (secondary N) is 2. The number of nitrogens with zero attached hydrogens (tertiary/aromatic N) is 3. The summed E-state index contributed by atoms with van der Waals surface area (Å²) in [6, 6.07) is 14.6. The van der Waals surface area contributed by atoms with Crippen molar-refractivity contribution in [3.63, 3.8) is 0 Å². The molecule has 0 saturated carbocycles. The maximum atomic E-state index is 13.2. The third kappa shape index (κ3) is 7.57.